The van der Waals surface area contributed by atoms with Gasteiger partial charge in [0.25, 0.3) is 0 Å². The number of fused-ring (bicyclic) bond motifs is 2. The summed E-state index contributed by atoms with van der Waals surface area (Å²) in [6.07, 6.45) is 5.11. The minimum absolute atomic E-state index is 0.0603. The Labute approximate surface area is 224 Å². The fourth-order valence-electron chi connectivity index (χ4n) is 4.88. The summed E-state index contributed by atoms with van der Waals surface area (Å²) in [5.41, 5.74) is 11.7. The first-order valence-corrected chi connectivity index (χ1v) is 13.3. The topological polar surface area (TPSA) is 133 Å². The van der Waals surface area contributed by atoms with Crippen molar-refractivity contribution < 1.29 is 12.8 Å². The van der Waals surface area contributed by atoms with Crippen LogP contribution in [0.25, 0.3) is 39.2 Å². The van der Waals surface area contributed by atoms with Crippen LogP contribution in [0.1, 0.15) is 24.1 Å². The van der Waals surface area contributed by atoms with Crippen LogP contribution >= 0.6 is 0 Å². The Bertz CT molecular complexity index is 1910. The standard InChI is InChI=1S/C27H23FN8O2S/c1-16(21-13-20-6-3-5-9-35(20)25(21)22-7-2-4-8-30-22)36-27-23(26(29)31-15-32-27)24(34-36)18-10-17(11-19(28)12-18)14-33-39(37)38/h2-13,15-16,39H,14H2,1H3,(H2,29,31,32)(H,33,37,38). The zero-order valence-corrected chi connectivity index (χ0v) is 21.6. The van der Waals surface area contributed by atoms with E-state index in [1.165, 1.54) is 18.5 Å². The number of nitrogens with one attached hydrogen (secondary N) is 1. The van der Waals surface area contributed by atoms with Crippen LogP contribution in [0.5, 0.6) is 0 Å². The van der Waals surface area contributed by atoms with E-state index in [4.69, 9.17) is 10.8 Å². The van der Waals surface area contributed by atoms with Crippen molar-refractivity contribution in [2.75, 3.05) is 5.73 Å². The van der Waals surface area contributed by atoms with Crippen LogP contribution in [0.3, 0.4) is 0 Å². The van der Waals surface area contributed by atoms with Crippen molar-refractivity contribution in [3.8, 4) is 22.6 Å². The van der Waals surface area contributed by atoms with Gasteiger partial charge in [0.15, 0.2) is 5.65 Å². The lowest BCUT2D eigenvalue weighted by atomic mass is 10.1. The highest BCUT2D eigenvalue weighted by molar-refractivity contribution is 7.70. The molecule has 5 aromatic heterocycles. The summed E-state index contributed by atoms with van der Waals surface area (Å²) in [4.78, 5) is 13.3. The average molecular weight is 543 g/mol. The Morgan fingerprint density at radius 3 is 2.69 bits per heavy atom. The molecule has 6 aromatic rings. The van der Waals surface area contributed by atoms with E-state index in [1.54, 1.807) is 16.9 Å². The van der Waals surface area contributed by atoms with E-state index in [9.17, 15) is 12.8 Å². The Kier molecular flexibility index (Phi) is 6.25. The molecule has 6 rings (SSSR count). The average Bonchev–Trinajstić information content (AvgIpc) is 3.52. The molecule has 0 bridgehead atoms. The van der Waals surface area contributed by atoms with Gasteiger partial charge in [0.1, 0.15) is 23.7 Å². The van der Waals surface area contributed by atoms with Crippen LogP contribution in [0.2, 0.25) is 0 Å². The maximum absolute atomic E-state index is 14.6. The highest BCUT2D eigenvalue weighted by atomic mass is 32.2. The van der Waals surface area contributed by atoms with Crippen LogP contribution in [0, 0.1) is 5.82 Å². The number of aromatic nitrogens is 6. The van der Waals surface area contributed by atoms with Crippen LogP contribution in [-0.4, -0.2) is 37.6 Å². The first-order chi connectivity index (χ1) is 18.9. The molecule has 0 aliphatic carbocycles. The van der Waals surface area contributed by atoms with Crippen molar-refractivity contribution in [1.29, 1.82) is 0 Å². The summed E-state index contributed by atoms with van der Waals surface area (Å²) in [5, 5.41) is 5.36. The molecule has 0 aliphatic heterocycles. The third-order valence-electron chi connectivity index (χ3n) is 6.60. The lowest BCUT2D eigenvalue weighted by Gasteiger charge is -2.15. The molecular weight excluding hydrogens is 519 g/mol. The quantitative estimate of drug-likeness (QED) is 0.262. The number of nitrogens with zero attached hydrogens (tertiary/aromatic N) is 6. The molecule has 1 atom stereocenters. The minimum Gasteiger partial charge on any atom is -0.383 e. The van der Waals surface area contributed by atoms with E-state index < -0.39 is 16.7 Å². The number of thiol groups is 1. The molecule has 1 aromatic carbocycles. The molecule has 0 spiro atoms. The Morgan fingerprint density at radius 2 is 1.90 bits per heavy atom. The van der Waals surface area contributed by atoms with Crippen molar-refractivity contribution in [2.45, 2.75) is 19.5 Å². The highest BCUT2D eigenvalue weighted by Crippen LogP contribution is 2.37. The Hall–Kier alpha value is -4.68. The van der Waals surface area contributed by atoms with Crippen LogP contribution in [-0.2, 0) is 17.4 Å². The summed E-state index contributed by atoms with van der Waals surface area (Å²) < 4.78 is 42.8. The van der Waals surface area contributed by atoms with Crippen molar-refractivity contribution in [2.24, 2.45) is 0 Å². The molecule has 0 saturated heterocycles. The second-order valence-corrected chi connectivity index (χ2v) is 9.86. The van der Waals surface area contributed by atoms with E-state index in [-0.39, 0.29) is 18.4 Å². The van der Waals surface area contributed by atoms with Crippen molar-refractivity contribution in [3.63, 3.8) is 0 Å². The molecule has 10 nitrogen and oxygen atoms in total. The minimum atomic E-state index is -2.83. The predicted molar refractivity (Wildman–Crippen MR) is 147 cm³/mol. The Morgan fingerprint density at radius 1 is 1.05 bits per heavy atom. The summed E-state index contributed by atoms with van der Waals surface area (Å²) in [6.45, 7) is 1.94. The van der Waals surface area contributed by atoms with Gasteiger partial charge < -0.3 is 10.1 Å². The fourth-order valence-corrected chi connectivity index (χ4v) is 5.19. The van der Waals surface area contributed by atoms with Gasteiger partial charge in [0.05, 0.1) is 22.8 Å². The molecule has 5 heterocycles. The fraction of sp³-hybridized carbons (Fsp3) is 0.111. The summed E-state index contributed by atoms with van der Waals surface area (Å²) >= 11 is 0. The SMILES string of the molecule is CC(c1cc2ccccn2c1-c1ccccn1)n1nc(-c2cc(F)cc(CN[SH](=O)=O)c2)c2c(N)ncnc21. The van der Waals surface area contributed by atoms with Gasteiger partial charge in [-0.25, -0.2) is 32.2 Å². The van der Waals surface area contributed by atoms with Gasteiger partial charge in [-0.1, -0.05) is 12.1 Å². The van der Waals surface area contributed by atoms with E-state index in [0.717, 1.165) is 22.5 Å². The zero-order chi connectivity index (χ0) is 27.1. The van der Waals surface area contributed by atoms with E-state index in [0.29, 0.717) is 27.9 Å². The summed E-state index contributed by atoms with van der Waals surface area (Å²) in [6, 6.07) is 17.7. The number of rotatable bonds is 7. The van der Waals surface area contributed by atoms with Gasteiger partial charge in [-0.3, -0.25) is 4.98 Å². The van der Waals surface area contributed by atoms with E-state index >= 15 is 0 Å². The molecule has 0 amide bonds. The van der Waals surface area contributed by atoms with E-state index in [1.807, 2.05) is 49.5 Å². The number of pyridine rings is 2. The third kappa shape index (κ3) is 4.49. The first kappa shape index (κ1) is 24.6. The molecule has 12 heteroatoms. The molecule has 0 saturated carbocycles. The van der Waals surface area contributed by atoms with Crippen LogP contribution in [0.4, 0.5) is 10.2 Å². The molecule has 39 heavy (non-hydrogen) atoms. The van der Waals surface area contributed by atoms with E-state index in [2.05, 4.69) is 30.1 Å². The lowest BCUT2D eigenvalue weighted by Crippen LogP contribution is -2.11. The molecule has 3 N–H and O–H groups in total. The maximum atomic E-state index is 14.6. The highest BCUT2D eigenvalue weighted by Gasteiger charge is 2.25. The number of halogens is 1. The number of benzene rings is 1. The van der Waals surface area contributed by atoms with Crippen molar-refractivity contribution >= 4 is 33.3 Å². The predicted octanol–water partition coefficient (Wildman–Crippen LogP) is 3.75. The summed E-state index contributed by atoms with van der Waals surface area (Å²) in [7, 11) is -2.83. The van der Waals surface area contributed by atoms with Crippen LogP contribution < -0.4 is 10.5 Å². The number of hydrogen-bond donors (Lipinski definition) is 3. The first-order valence-electron chi connectivity index (χ1n) is 12.1. The Balaban J connectivity index is 1.55. The van der Waals surface area contributed by atoms with Gasteiger partial charge in [0.2, 0.25) is 10.9 Å². The van der Waals surface area contributed by atoms with Gasteiger partial charge in [-0.15, -0.1) is 0 Å². The molecule has 0 aliphatic rings. The smallest absolute Gasteiger partial charge is 0.201 e. The second-order valence-electron chi connectivity index (χ2n) is 9.03. The van der Waals surface area contributed by atoms with Crippen molar-refractivity contribution in [1.82, 2.24) is 33.9 Å². The molecule has 0 radical (unpaired) electrons. The largest absolute Gasteiger partial charge is 0.383 e. The molecule has 0 fully saturated rings. The van der Waals surface area contributed by atoms with Gasteiger partial charge in [-0.05, 0) is 61.0 Å². The number of nitrogen functional groups attached to an aromatic ring is 1. The van der Waals surface area contributed by atoms with Gasteiger partial charge in [-0.2, -0.15) is 5.10 Å². The van der Waals surface area contributed by atoms with Crippen LogP contribution in [0.15, 0.2) is 79.4 Å². The molecular formula is C27H23FN8O2S. The summed E-state index contributed by atoms with van der Waals surface area (Å²) in [5.74, 6) is -0.334. The zero-order valence-electron chi connectivity index (χ0n) is 20.7. The lowest BCUT2D eigenvalue weighted by molar-refractivity contribution is 0.581. The normalized spacial score (nSPS) is 12.5. The van der Waals surface area contributed by atoms with Gasteiger partial charge in [0, 0.05) is 35.6 Å². The number of nitrogens with two attached hydrogens (primary N) is 1. The molecule has 196 valence electrons. The monoisotopic (exact) mass is 542 g/mol. The van der Waals surface area contributed by atoms with Crippen molar-refractivity contribution in [3.05, 3.63) is 96.3 Å². The number of hydrogen-bond acceptors (Lipinski definition) is 7. The maximum Gasteiger partial charge on any atom is 0.201 e. The van der Waals surface area contributed by atoms with Gasteiger partial charge >= 0.3 is 0 Å². The molecule has 1 unspecified atom stereocenters. The number of anilines is 1. The third-order valence-corrected chi connectivity index (χ3v) is 7.01. The second kappa shape index (κ2) is 9.89.